The number of thioether (sulfide) groups is 1. The van der Waals surface area contributed by atoms with Crippen LogP contribution in [0.15, 0.2) is 77.3 Å². The highest BCUT2D eigenvalue weighted by Gasteiger charge is 2.31. The molecule has 0 aliphatic carbocycles. The van der Waals surface area contributed by atoms with Gasteiger partial charge in [0.25, 0.3) is 5.91 Å². The van der Waals surface area contributed by atoms with E-state index in [0.717, 1.165) is 39.0 Å². The van der Waals surface area contributed by atoms with Crippen molar-refractivity contribution in [1.29, 1.82) is 0 Å². The molecule has 5 rings (SSSR count). The molecule has 2 aliphatic heterocycles. The first-order chi connectivity index (χ1) is 17.9. The Morgan fingerprint density at radius 3 is 2.62 bits per heavy atom. The summed E-state index contributed by atoms with van der Waals surface area (Å²) in [5, 5.41) is 5.64. The molecule has 1 aromatic heterocycles. The average Bonchev–Trinajstić information content (AvgIpc) is 3.47. The van der Waals surface area contributed by atoms with Crippen molar-refractivity contribution in [3.8, 4) is 22.7 Å². The molecule has 0 saturated carbocycles. The highest BCUT2D eigenvalue weighted by atomic mass is 32.2. The van der Waals surface area contributed by atoms with E-state index < -0.39 is 0 Å². The number of hydrogen-bond acceptors (Lipinski definition) is 6. The van der Waals surface area contributed by atoms with Gasteiger partial charge in [-0.2, -0.15) is 10.1 Å². The zero-order valence-corrected chi connectivity index (χ0v) is 22.1. The van der Waals surface area contributed by atoms with Crippen molar-refractivity contribution in [2.24, 2.45) is 4.99 Å². The number of ether oxygens (including phenoxy) is 2. The number of para-hydroxylation sites is 1. The molecule has 3 heterocycles. The minimum absolute atomic E-state index is 0.0903. The van der Waals surface area contributed by atoms with Gasteiger partial charge in [-0.05, 0) is 74.5 Å². The summed E-state index contributed by atoms with van der Waals surface area (Å²) in [4.78, 5) is 20.0. The number of amidine groups is 1. The smallest absolute Gasteiger partial charge is 0.286 e. The fraction of sp³-hybridized carbons (Fsp3) is 0.276. The van der Waals surface area contributed by atoms with Crippen LogP contribution < -0.4 is 4.74 Å². The second kappa shape index (κ2) is 10.8. The highest BCUT2D eigenvalue weighted by Crippen LogP contribution is 2.35. The fourth-order valence-corrected chi connectivity index (χ4v) is 5.47. The molecular weight excluding hydrogens is 484 g/mol. The van der Waals surface area contributed by atoms with Gasteiger partial charge in [-0.3, -0.25) is 4.79 Å². The lowest BCUT2D eigenvalue weighted by Crippen LogP contribution is -2.47. The van der Waals surface area contributed by atoms with Crippen LogP contribution in [0.3, 0.4) is 0 Å². The molecule has 0 spiro atoms. The third-order valence-electron chi connectivity index (χ3n) is 6.15. The molecule has 0 N–H and O–H groups in total. The topological polar surface area (TPSA) is 68.9 Å². The summed E-state index contributed by atoms with van der Waals surface area (Å²) in [6, 6.07) is 15.9. The van der Waals surface area contributed by atoms with Gasteiger partial charge in [-0.1, -0.05) is 30.9 Å². The van der Waals surface area contributed by atoms with Crippen molar-refractivity contribution >= 4 is 28.9 Å². The largest absolute Gasteiger partial charge is 0.489 e. The Balaban J connectivity index is 1.49. The standard InChI is InChI=1S/C29H30N4O3S/c1-5-13-35-25-12-11-22(14-19(25)2)27-23(18-33(31-27)24-9-7-6-8-10-24)15-26-28(34)30-29(37-26)32-16-20(3)36-21(4)17-32/h5-12,14-15,18,20-21H,1,13,16-17H2,2-4H3/b26-15+/t20-,21-/m0/s1. The molecule has 190 valence electrons. The molecule has 1 fully saturated rings. The van der Waals surface area contributed by atoms with Gasteiger partial charge in [0.1, 0.15) is 18.1 Å². The molecular formula is C29H30N4O3S. The highest BCUT2D eigenvalue weighted by molar-refractivity contribution is 8.18. The van der Waals surface area contributed by atoms with E-state index in [2.05, 4.69) is 22.5 Å². The van der Waals surface area contributed by atoms with Crippen LogP contribution in [0.5, 0.6) is 5.75 Å². The number of morpholine rings is 1. The normalized spacial score (nSPS) is 20.8. The van der Waals surface area contributed by atoms with E-state index in [-0.39, 0.29) is 18.1 Å². The van der Waals surface area contributed by atoms with E-state index in [4.69, 9.17) is 14.6 Å². The van der Waals surface area contributed by atoms with Gasteiger partial charge in [-0.15, -0.1) is 0 Å². The van der Waals surface area contributed by atoms with Gasteiger partial charge >= 0.3 is 0 Å². The van der Waals surface area contributed by atoms with Gasteiger partial charge in [0.15, 0.2) is 5.17 Å². The summed E-state index contributed by atoms with van der Waals surface area (Å²) in [5.41, 5.74) is 4.51. The van der Waals surface area contributed by atoms with E-state index in [9.17, 15) is 4.79 Å². The summed E-state index contributed by atoms with van der Waals surface area (Å²) in [7, 11) is 0. The molecule has 3 aromatic rings. The van der Waals surface area contributed by atoms with Crippen LogP contribution in [0.1, 0.15) is 25.0 Å². The van der Waals surface area contributed by atoms with E-state index in [1.165, 1.54) is 11.8 Å². The zero-order valence-electron chi connectivity index (χ0n) is 21.3. The number of carbonyl (C=O) groups excluding carboxylic acids is 1. The van der Waals surface area contributed by atoms with E-state index in [0.29, 0.717) is 24.6 Å². The third kappa shape index (κ3) is 5.55. The summed E-state index contributed by atoms with van der Waals surface area (Å²) >= 11 is 1.41. The first kappa shape index (κ1) is 25.0. The summed E-state index contributed by atoms with van der Waals surface area (Å²) in [5.74, 6) is 0.578. The Morgan fingerprint density at radius 2 is 1.92 bits per heavy atom. The predicted molar refractivity (Wildman–Crippen MR) is 149 cm³/mol. The Morgan fingerprint density at radius 1 is 1.16 bits per heavy atom. The van der Waals surface area contributed by atoms with Crippen LogP contribution in [0.2, 0.25) is 0 Å². The minimum atomic E-state index is -0.227. The lowest BCUT2D eigenvalue weighted by atomic mass is 10.0. The van der Waals surface area contributed by atoms with Gasteiger partial charge in [0.05, 0.1) is 22.8 Å². The molecule has 2 aliphatic rings. The first-order valence-electron chi connectivity index (χ1n) is 12.3. The molecule has 7 nitrogen and oxygen atoms in total. The maximum Gasteiger partial charge on any atom is 0.286 e. The number of amides is 1. The molecule has 37 heavy (non-hydrogen) atoms. The van der Waals surface area contributed by atoms with Gasteiger partial charge in [0.2, 0.25) is 0 Å². The van der Waals surface area contributed by atoms with Crippen LogP contribution in [0, 0.1) is 6.92 Å². The van der Waals surface area contributed by atoms with Crippen molar-refractivity contribution in [2.75, 3.05) is 19.7 Å². The second-order valence-electron chi connectivity index (χ2n) is 9.27. The number of nitrogens with zero attached hydrogens (tertiary/aromatic N) is 4. The van der Waals surface area contributed by atoms with E-state index >= 15 is 0 Å². The Labute approximate surface area is 221 Å². The molecule has 8 heteroatoms. The van der Waals surface area contributed by atoms with Gasteiger partial charge in [0, 0.05) is 30.4 Å². The number of benzene rings is 2. The minimum Gasteiger partial charge on any atom is -0.489 e. The number of hydrogen-bond donors (Lipinski definition) is 0. The maximum atomic E-state index is 12.9. The van der Waals surface area contributed by atoms with Crippen LogP contribution in [0.4, 0.5) is 0 Å². The first-order valence-corrected chi connectivity index (χ1v) is 13.2. The third-order valence-corrected chi connectivity index (χ3v) is 7.20. The molecule has 0 bridgehead atoms. The summed E-state index contributed by atoms with van der Waals surface area (Å²) in [6.45, 7) is 11.7. The van der Waals surface area contributed by atoms with E-state index in [1.807, 2.05) is 80.2 Å². The van der Waals surface area contributed by atoms with Crippen LogP contribution in [-0.2, 0) is 9.53 Å². The molecule has 2 atom stereocenters. The number of carbonyl (C=O) groups is 1. The second-order valence-corrected chi connectivity index (χ2v) is 10.3. The number of aryl methyl sites for hydroxylation is 1. The van der Waals surface area contributed by atoms with Gasteiger partial charge < -0.3 is 14.4 Å². The quantitative estimate of drug-likeness (QED) is 0.320. The van der Waals surface area contributed by atoms with E-state index in [1.54, 1.807) is 6.08 Å². The van der Waals surface area contributed by atoms with Crippen molar-refractivity contribution in [3.63, 3.8) is 0 Å². The number of aromatic nitrogens is 2. The number of rotatable bonds is 6. The monoisotopic (exact) mass is 514 g/mol. The Hall–Kier alpha value is -3.62. The molecule has 1 saturated heterocycles. The average molecular weight is 515 g/mol. The Bertz CT molecular complexity index is 1370. The molecule has 0 unspecified atom stereocenters. The summed E-state index contributed by atoms with van der Waals surface area (Å²) in [6.07, 6.45) is 5.76. The number of aliphatic imine (C=N–C) groups is 1. The molecule has 0 radical (unpaired) electrons. The fourth-order valence-electron chi connectivity index (χ4n) is 4.55. The lowest BCUT2D eigenvalue weighted by Gasteiger charge is -2.35. The van der Waals surface area contributed by atoms with Gasteiger partial charge in [-0.25, -0.2) is 4.68 Å². The van der Waals surface area contributed by atoms with Crippen LogP contribution in [0.25, 0.3) is 23.0 Å². The Kier molecular flexibility index (Phi) is 7.30. The molecule has 2 aromatic carbocycles. The van der Waals surface area contributed by atoms with Crippen molar-refractivity contribution in [1.82, 2.24) is 14.7 Å². The lowest BCUT2D eigenvalue weighted by molar-refractivity contribution is -0.113. The van der Waals surface area contributed by atoms with Crippen molar-refractivity contribution in [3.05, 3.63) is 83.4 Å². The van der Waals surface area contributed by atoms with Crippen LogP contribution >= 0.6 is 11.8 Å². The van der Waals surface area contributed by atoms with Crippen molar-refractivity contribution < 1.29 is 14.3 Å². The molecule has 1 amide bonds. The van der Waals surface area contributed by atoms with Crippen LogP contribution in [-0.4, -0.2) is 57.7 Å². The maximum absolute atomic E-state index is 12.9. The summed E-state index contributed by atoms with van der Waals surface area (Å²) < 4.78 is 13.4. The van der Waals surface area contributed by atoms with Crippen molar-refractivity contribution in [2.45, 2.75) is 33.0 Å². The SMILES string of the molecule is C=CCOc1ccc(-c2nn(-c3ccccc3)cc2/C=C2/SC(N3C[C@H](C)O[C@@H](C)C3)=NC2=O)cc1C. The zero-order chi connectivity index (χ0) is 25.9. The predicted octanol–water partition coefficient (Wildman–Crippen LogP) is 5.49.